The molecule has 0 saturated carbocycles. The Morgan fingerprint density at radius 2 is 1.89 bits per heavy atom. The second-order valence-corrected chi connectivity index (χ2v) is 4.51. The highest BCUT2D eigenvalue weighted by Crippen LogP contribution is 2.27. The smallest absolute Gasteiger partial charge is 0.137 e. The summed E-state index contributed by atoms with van der Waals surface area (Å²) in [5.74, 6) is 0. The van der Waals surface area contributed by atoms with E-state index in [0.29, 0.717) is 0 Å². The first-order chi connectivity index (χ1) is 8.75. The fourth-order valence-corrected chi connectivity index (χ4v) is 2.18. The SMILES string of the molecule is CC(N)c1ccc(-c2ccnc3[nH]ccc23)cc1. The van der Waals surface area contributed by atoms with Crippen molar-refractivity contribution >= 4 is 11.0 Å². The maximum Gasteiger partial charge on any atom is 0.137 e. The van der Waals surface area contributed by atoms with E-state index in [-0.39, 0.29) is 6.04 Å². The summed E-state index contributed by atoms with van der Waals surface area (Å²) in [7, 11) is 0. The summed E-state index contributed by atoms with van der Waals surface area (Å²) in [5, 5.41) is 1.14. The Labute approximate surface area is 106 Å². The predicted molar refractivity (Wildman–Crippen MR) is 74.1 cm³/mol. The fourth-order valence-electron chi connectivity index (χ4n) is 2.18. The van der Waals surface area contributed by atoms with E-state index in [0.717, 1.165) is 16.6 Å². The van der Waals surface area contributed by atoms with E-state index in [1.54, 1.807) is 0 Å². The van der Waals surface area contributed by atoms with Crippen LogP contribution in [0, 0.1) is 0 Å². The molecule has 0 amide bonds. The zero-order chi connectivity index (χ0) is 12.5. The number of hydrogen-bond donors (Lipinski definition) is 2. The van der Waals surface area contributed by atoms with Crippen LogP contribution in [0.3, 0.4) is 0 Å². The number of rotatable bonds is 2. The third-order valence-corrected chi connectivity index (χ3v) is 3.21. The van der Waals surface area contributed by atoms with Gasteiger partial charge in [0.2, 0.25) is 0 Å². The van der Waals surface area contributed by atoms with Gasteiger partial charge in [-0.05, 0) is 35.7 Å². The molecule has 3 N–H and O–H groups in total. The molecule has 1 aromatic carbocycles. The largest absolute Gasteiger partial charge is 0.346 e. The van der Waals surface area contributed by atoms with E-state index in [1.807, 2.05) is 25.4 Å². The minimum Gasteiger partial charge on any atom is -0.346 e. The molecule has 0 aliphatic heterocycles. The number of aromatic nitrogens is 2. The highest BCUT2D eigenvalue weighted by Gasteiger charge is 2.06. The number of H-pyrrole nitrogens is 1. The molecule has 2 heterocycles. The van der Waals surface area contributed by atoms with E-state index >= 15 is 0 Å². The van der Waals surface area contributed by atoms with Crippen molar-refractivity contribution in [1.82, 2.24) is 9.97 Å². The van der Waals surface area contributed by atoms with E-state index < -0.39 is 0 Å². The number of fused-ring (bicyclic) bond motifs is 1. The monoisotopic (exact) mass is 237 g/mol. The first-order valence-corrected chi connectivity index (χ1v) is 6.04. The Morgan fingerprint density at radius 3 is 2.61 bits per heavy atom. The van der Waals surface area contributed by atoms with Crippen molar-refractivity contribution in [2.24, 2.45) is 5.73 Å². The molecule has 90 valence electrons. The van der Waals surface area contributed by atoms with Gasteiger partial charge in [-0.1, -0.05) is 24.3 Å². The van der Waals surface area contributed by atoms with Crippen molar-refractivity contribution < 1.29 is 0 Å². The highest BCUT2D eigenvalue weighted by molar-refractivity contribution is 5.92. The average molecular weight is 237 g/mol. The number of hydrogen-bond acceptors (Lipinski definition) is 2. The molecule has 0 bridgehead atoms. The van der Waals surface area contributed by atoms with Gasteiger partial charge in [-0.2, -0.15) is 0 Å². The summed E-state index contributed by atoms with van der Waals surface area (Å²) in [5.41, 5.74) is 10.3. The fraction of sp³-hybridized carbons (Fsp3) is 0.133. The Morgan fingerprint density at radius 1 is 1.11 bits per heavy atom. The summed E-state index contributed by atoms with van der Waals surface area (Å²) in [6.07, 6.45) is 3.74. The second kappa shape index (κ2) is 4.27. The van der Waals surface area contributed by atoms with Crippen molar-refractivity contribution in [3.05, 3.63) is 54.4 Å². The van der Waals surface area contributed by atoms with Crippen LogP contribution < -0.4 is 5.73 Å². The van der Waals surface area contributed by atoms with Gasteiger partial charge in [0.1, 0.15) is 5.65 Å². The van der Waals surface area contributed by atoms with Crippen molar-refractivity contribution in [2.75, 3.05) is 0 Å². The Hall–Kier alpha value is -2.13. The van der Waals surface area contributed by atoms with Crippen LogP contribution in [0.5, 0.6) is 0 Å². The lowest BCUT2D eigenvalue weighted by Gasteiger charge is -2.07. The van der Waals surface area contributed by atoms with Gasteiger partial charge in [0, 0.05) is 23.8 Å². The van der Waals surface area contributed by atoms with Gasteiger partial charge in [0.05, 0.1) is 0 Å². The van der Waals surface area contributed by atoms with Crippen molar-refractivity contribution in [2.45, 2.75) is 13.0 Å². The Kier molecular flexibility index (Phi) is 2.61. The summed E-state index contributed by atoms with van der Waals surface area (Å²) in [6, 6.07) is 12.6. The van der Waals surface area contributed by atoms with Crippen LogP contribution in [-0.2, 0) is 0 Å². The molecule has 0 aliphatic carbocycles. The summed E-state index contributed by atoms with van der Waals surface area (Å²) < 4.78 is 0. The van der Waals surface area contributed by atoms with Crippen LogP contribution in [-0.4, -0.2) is 9.97 Å². The van der Waals surface area contributed by atoms with Crippen LogP contribution >= 0.6 is 0 Å². The third-order valence-electron chi connectivity index (χ3n) is 3.21. The maximum absolute atomic E-state index is 5.86. The first-order valence-electron chi connectivity index (χ1n) is 6.04. The quantitative estimate of drug-likeness (QED) is 0.718. The minimum absolute atomic E-state index is 0.0729. The lowest BCUT2D eigenvalue weighted by molar-refractivity contribution is 0.818. The molecule has 3 rings (SSSR count). The molecule has 0 aliphatic rings. The van der Waals surface area contributed by atoms with E-state index in [4.69, 9.17) is 5.73 Å². The molecule has 0 radical (unpaired) electrons. The van der Waals surface area contributed by atoms with Gasteiger partial charge < -0.3 is 10.7 Å². The second-order valence-electron chi connectivity index (χ2n) is 4.51. The molecule has 0 saturated heterocycles. The minimum atomic E-state index is 0.0729. The van der Waals surface area contributed by atoms with Crippen LogP contribution in [0.15, 0.2) is 48.8 Å². The zero-order valence-corrected chi connectivity index (χ0v) is 10.2. The molecule has 3 heteroatoms. The number of pyridine rings is 1. The number of nitrogens with two attached hydrogens (primary N) is 1. The Bertz CT molecular complexity index is 666. The van der Waals surface area contributed by atoms with Gasteiger partial charge in [-0.3, -0.25) is 0 Å². The molecule has 3 nitrogen and oxygen atoms in total. The highest BCUT2D eigenvalue weighted by atomic mass is 14.8. The topological polar surface area (TPSA) is 54.7 Å². The van der Waals surface area contributed by atoms with Gasteiger partial charge in [0.25, 0.3) is 0 Å². The number of benzene rings is 1. The molecule has 18 heavy (non-hydrogen) atoms. The Balaban J connectivity index is 2.11. The van der Waals surface area contributed by atoms with Crippen LogP contribution in [0.2, 0.25) is 0 Å². The summed E-state index contributed by atoms with van der Waals surface area (Å²) in [4.78, 5) is 7.43. The molecular formula is C15H15N3. The molecule has 1 atom stereocenters. The average Bonchev–Trinajstić information content (AvgIpc) is 2.87. The van der Waals surface area contributed by atoms with Crippen molar-refractivity contribution in [3.8, 4) is 11.1 Å². The zero-order valence-electron chi connectivity index (χ0n) is 10.2. The van der Waals surface area contributed by atoms with Gasteiger partial charge >= 0.3 is 0 Å². The molecule has 0 fully saturated rings. The predicted octanol–water partition coefficient (Wildman–Crippen LogP) is 3.25. The summed E-state index contributed by atoms with van der Waals surface area (Å²) >= 11 is 0. The summed E-state index contributed by atoms with van der Waals surface area (Å²) in [6.45, 7) is 1.99. The molecule has 3 aromatic rings. The maximum atomic E-state index is 5.86. The standard InChI is InChI=1S/C15H15N3/c1-10(16)11-2-4-12(5-3-11)13-6-8-17-15-14(13)7-9-18-15/h2-10H,16H2,1H3,(H,17,18). The molecule has 1 unspecified atom stereocenters. The molecule has 0 spiro atoms. The molecular weight excluding hydrogens is 222 g/mol. The number of nitrogens with zero attached hydrogens (tertiary/aromatic N) is 1. The number of aromatic amines is 1. The van der Waals surface area contributed by atoms with Crippen LogP contribution in [0.25, 0.3) is 22.2 Å². The van der Waals surface area contributed by atoms with Crippen LogP contribution in [0.4, 0.5) is 0 Å². The van der Waals surface area contributed by atoms with Gasteiger partial charge in [-0.15, -0.1) is 0 Å². The van der Waals surface area contributed by atoms with E-state index in [2.05, 4.69) is 40.3 Å². The normalized spacial score (nSPS) is 12.8. The van der Waals surface area contributed by atoms with Crippen molar-refractivity contribution in [3.63, 3.8) is 0 Å². The van der Waals surface area contributed by atoms with E-state index in [1.165, 1.54) is 11.1 Å². The number of nitrogens with one attached hydrogen (secondary N) is 1. The third kappa shape index (κ3) is 1.79. The van der Waals surface area contributed by atoms with Gasteiger partial charge in [-0.25, -0.2) is 4.98 Å². The van der Waals surface area contributed by atoms with Crippen molar-refractivity contribution in [1.29, 1.82) is 0 Å². The van der Waals surface area contributed by atoms with Crippen LogP contribution in [0.1, 0.15) is 18.5 Å². The van der Waals surface area contributed by atoms with Gasteiger partial charge in [0.15, 0.2) is 0 Å². The first kappa shape index (κ1) is 11.0. The van der Waals surface area contributed by atoms with E-state index in [9.17, 15) is 0 Å². The lowest BCUT2D eigenvalue weighted by atomic mass is 10.0. The molecule has 2 aromatic heterocycles. The lowest BCUT2D eigenvalue weighted by Crippen LogP contribution is -2.04.